The Morgan fingerprint density at radius 1 is 1.28 bits per heavy atom. The Hall–Kier alpha value is -1.84. The molecule has 1 aliphatic rings. The van der Waals surface area contributed by atoms with Gasteiger partial charge in [-0.1, -0.05) is 0 Å². The molecule has 1 heterocycles. The molecule has 0 radical (unpaired) electrons. The molecule has 1 aromatic rings. The first-order valence-corrected chi connectivity index (χ1v) is 5.92. The molecule has 0 fully saturated rings. The third-order valence-electron chi connectivity index (χ3n) is 2.96. The normalized spacial score (nSPS) is 16.8. The average molecular weight is 247 g/mol. The lowest BCUT2D eigenvalue weighted by atomic mass is 10.0. The number of hydrogen-bond donors (Lipinski definition) is 0. The van der Waals surface area contributed by atoms with Crippen molar-refractivity contribution in [3.63, 3.8) is 0 Å². The number of nitrogens with zero attached hydrogens (tertiary/aromatic N) is 1. The van der Waals surface area contributed by atoms with Gasteiger partial charge in [0, 0.05) is 12.5 Å². The highest BCUT2D eigenvalue weighted by Gasteiger charge is 2.33. The van der Waals surface area contributed by atoms with Gasteiger partial charge in [0.15, 0.2) is 5.78 Å². The van der Waals surface area contributed by atoms with Crippen molar-refractivity contribution in [3.05, 3.63) is 23.8 Å². The molecule has 0 spiro atoms. The number of Topliss-reactive ketones (excluding diaryl/α,β-unsaturated/α-hetero) is 1. The maximum atomic E-state index is 11.7. The van der Waals surface area contributed by atoms with Crippen LogP contribution in [0.4, 0.5) is 5.69 Å². The maximum Gasteiger partial charge on any atom is 0.224 e. The predicted octanol–water partition coefficient (Wildman–Crippen LogP) is 2.41. The van der Waals surface area contributed by atoms with Gasteiger partial charge >= 0.3 is 0 Å². The molecule has 0 saturated carbocycles. The van der Waals surface area contributed by atoms with Gasteiger partial charge in [0.25, 0.3) is 0 Å². The van der Waals surface area contributed by atoms with Crippen LogP contribution in [0, 0.1) is 0 Å². The van der Waals surface area contributed by atoms with E-state index in [-0.39, 0.29) is 11.7 Å². The number of fused-ring (bicyclic) bond motifs is 1. The number of carbonyl (C=O) groups is 2. The van der Waals surface area contributed by atoms with Gasteiger partial charge in [-0.25, -0.2) is 0 Å². The number of ether oxygens (including phenoxy) is 1. The zero-order chi connectivity index (χ0) is 13.5. The second-order valence-electron chi connectivity index (χ2n) is 5.21. The van der Waals surface area contributed by atoms with Gasteiger partial charge in [-0.3, -0.25) is 9.59 Å². The molecule has 1 aliphatic heterocycles. The van der Waals surface area contributed by atoms with Gasteiger partial charge in [-0.05, 0) is 39.0 Å². The number of amides is 1. The summed E-state index contributed by atoms with van der Waals surface area (Å²) >= 11 is 0. The van der Waals surface area contributed by atoms with Crippen LogP contribution in [-0.4, -0.2) is 23.8 Å². The molecule has 0 saturated heterocycles. The van der Waals surface area contributed by atoms with E-state index in [9.17, 15) is 9.59 Å². The number of benzene rings is 1. The minimum absolute atomic E-state index is 0.0221. The second kappa shape index (κ2) is 4.12. The van der Waals surface area contributed by atoms with Gasteiger partial charge < -0.3 is 9.64 Å². The Balaban J connectivity index is 2.53. The third kappa shape index (κ3) is 2.23. The zero-order valence-electron chi connectivity index (χ0n) is 11.1. The summed E-state index contributed by atoms with van der Waals surface area (Å²) in [5, 5.41) is 0. The molecule has 1 aromatic carbocycles. The van der Waals surface area contributed by atoms with Crippen molar-refractivity contribution in [3.8, 4) is 5.75 Å². The van der Waals surface area contributed by atoms with Gasteiger partial charge in [0.2, 0.25) is 5.91 Å². The van der Waals surface area contributed by atoms with E-state index in [1.165, 1.54) is 13.8 Å². The minimum Gasteiger partial charge on any atom is -0.484 e. The fourth-order valence-corrected chi connectivity index (χ4v) is 2.11. The largest absolute Gasteiger partial charge is 0.484 e. The molecule has 2 rings (SSSR count). The lowest BCUT2D eigenvalue weighted by Crippen LogP contribution is -2.48. The minimum atomic E-state index is -0.420. The summed E-state index contributed by atoms with van der Waals surface area (Å²) in [7, 11) is 0. The van der Waals surface area contributed by atoms with Crippen LogP contribution in [0.5, 0.6) is 5.75 Å². The van der Waals surface area contributed by atoms with E-state index < -0.39 is 5.60 Å². The van der Waals surface area contributed by atoms with Crippen LogP contribution in [0.3, 0.4) is 0 Å². The lowest BCUT2D eigenvalue weighted by molar-refractivity contribution is -0.117. The topological polar surface area (TPSA) is 46.6 Å². The fourth-order valence-electron chi connectivity index (χ4n) is 2.11. The maximum absolute atomic E-state index is 11.7. The summed E-state index contributed by atoms with van der Waals surface area (Å²) in [5.74, 6) is 0.575. The lowest BCUT2D eigenvalue weighted by Gasteiger charge is -2.39. The Morgan fingerprint density at radius 3 is 2.50 bits per heavy atom. The van der Waals surface area contributed by atoms with Gasteiger partial charge in [-0.2, -0.15) is 0 Å². The number of ketones is 1. The summed E-state index contributed by atoms with van der Waals surface area (Å²) in [6.07, 6.45) is 0. The summed E-state index contributed by atoms with van der Waals surface area (Å²) < 4.78 is 5.83. The molecular weight excluding hydrogens is 230 g/mol. The molecule has 0 N–H and O–H groups in total. The van der Waals surface area contributed by atoms with Crippen molar-refractivity contribution < 1.29 is 14.3 Å². The van der Waals surface area contributed by atoms with Crippen LogP contribution in [0.15, 0.2) is 18.2 Å². The van der Waals surface area contributed by atoms with Crippen molar-refractivity contribution in [2.75, 3.05) is 11.4 Å². The molecule has 0 bridgehead atoms. The Bertz CT molecular complexity index is 520. The van der Waals surface area contributed by atoms with Crippen molar-refractivity contribution in [2.24, 2.45) is 0 Å². The molecule has 0 unspecified atom stereocenters. The third-order valence-corrected chi connectivity index (χ3v) is 2.96. The molecular formula is C14H17NO3. The van der Waals surface area contributed by atoms with E-state index in [1.54, 1.807) is 23.1 Å². The van der Waals surface area contributed by atoms with Crippen LogP contribution < -0.4 is 9.64 Å². The molecule has 0 atom stereocenters. The first kappa shape index (κ1) is 12.6. The van der Waals surface area contributed by atoms with Crippen molar-refractivity contribution in [1.82, 2.24) is 0 Å². The van der Waals surface area contributed by atoms with Crippen LogP contribution >= 0.6 is 0 Å². The monoisotopic (exact) mass is 247 g/mol. The highest BCUT2D eigenvalue weighted by Crippen LogP contribution is 2.37. The quantitative estimate of drug-likeness (QED) is 0.716. The van der Waals surface area contributed by atoms with E-state index in [0.717, 1.165) is 0 Å². The van der Waals surface area contributed by atoms with Gasteiger partial charge in [0.05, 0.1) is 12.2 Å². The molecule has 0 aliphatic carbocycles. The summed E-state index contributed by atoms with van der Waals surface area (Å²) in [5.41, 5.74) is 0.842. The van der Waals surface area contributed by atoms with Crippen molar-refractivity contribution in [2.45, 2.75) is 33.3 Å². The van der Waals surface area contributed by atoms with Gasteiger partial charge in [-0.15, -0.1) is 0 Å². The first-order valence-electron chi connectivity index (χ1n) is 5.92. The van der Waals surface area contributed by atoms with Crippen LogP contribution in [-0.2, 0) is 4.79 Å². The van der Waals surface area contributed by atoms with Crippen LogP contribution in [0.2, 0.25) is 0 Å². The van der Waals surface area contributed by atoms with Crippen molar-refractivity contribution >= 4 is 17.4 Å². The van der Waals surface area contributed by atoms with E-state index in [0.29, 0.717) is 23.5 Å². The number of rotatable bonds is 1. The number of hydrogen-bond acceptors (Lipinski definition) is 3. The zero-order valence-corrected chi connectivity index (χ0v) is 11.1. The summed E-state index contributed by atoms with van der Waals surface area (Å²) in [6.45, 7) is 7.38. The number of anilines is 1. The Morgan fingerprint density at radius 2 is 1.94 bits per heavy atom. The summed E-state index contributed by atoms with van der Waals surface area (Å²) in [6, 6.07) is 5.19. The highest BCUT2D eigenvalue weighted by molar-refractivity contribution is 5.99. The average Bonchev–Trinajstić information content (AvgIpc) is 2.25. The molecule has 1 amide bonds. The summed E-state index contributed by atoms with van der Waals surface area (Å²) in [4.78, 5) is 24.8. The van der Waals surface area contributed by atoms with Crippen LogP contribution in [0.25, 0.3) is 0 Å². The Labute approximate surface area is 107 Å². The molecule has 4 heteroatoms. The predicted molar refractivity (Wildman–Crippen MR) is 69.2 cm³/mol. The van der Waals surface area contributed by atoms with E-state index >= 15 is 0 Å². The molecule has 4 nitrogen and oxygen atoms in total. The van der Waals surface area contributed by atoms with Crippen LogP contribution in [0.1, 0.15) is 38.1 Å². The molecule has 0 aromatic heterocycles. The van der Waals surface area contributed by atoms with E-state index in [2.05, 4.69) is 0 Å². The second-order valence-corrected chi connectivity index (χ2v) is 5.21. The highest BCUT2D eigenvalue weighted by atomic mass is 16.5. The van der Waals surface area contributed by atoms with E-state index in [4.69, 9.17) is 4.74 Å². The van der Waals surface area contributed by atoms with Gasteiger partial charge in [0.1, 0.15) is 11.4 Å². The first-order chi connectivity index (χ1) is 8.30. The standard InChI is InChI=1S/C14H17NO3/c1-9(16)11-5-6-13-12(7-11)15(10(2)17)8-14(3,4)18-13/h5-7H,8H2,1-4H3. The fraction of sp³-hybridized carbons (Fsp3) is 0.429. The molecule has 96 valence electrons. The van der Waals surface area contributed by atoms with E-state index in [1.807, 2.05) is 13.8 Å². The van der Waals surface area contributed by atoms with Crippen molar-refractivity contribution in [1.29, 1.82) is 0 Å². The SMILES string of the molecule is CC(=O)c1ccc2c(c1)N(C(C)=O)CC(C)(C)O2. The Kier molecular flexibility index (Phi) is 2.89. The molecule has 18 heavy (non-hydrogen) atoms. The number of carbonyl (C=O) groups excluding carboxylic acids is 2. The smallest absolute Gasteiger partial charge is 0.224 e.